The van der Waals surface area contributed by atoms with Gasteiger partial charge in [-0.3, -0.25) is 14.2 Å². The van der Waals surface area contributed by atoms with Crippen LogP contribution in [0.1, 0.15) is 25.0 Å². The lowest BCUT2D eigenvalue weighted by atomic mass is 10.0. The van der Waals surface area contributed by atoms with Crippen molar-refractivity contribution in [3.8, 4) is 0 Å². The number of thiazole rings is 1. The highest BCUT2D eigenvalue weighted by molar-refractivity contribution is 7.08. The molecule has 2 aliphatic heterocycles. The highest BCUT2D eigenvalue weighted by Gasteiger charge is 2.31. The molecule has 2 aromatic carbocycles. The smallest absolute Gasteiger partial charge is 0.283 e. The first kappa shape index (κ1) is 22.8. The van der Waals surface area contributed by atoms with Crippen LogP contribution in [0.3, 0.4) is 0 Å². The van der Waals surface area contributed by atoms with Gasteiger partial charge in [0.15, 0.2) is 0 Å². The van der Waals surface area contributed by atoms with Gasteiger partial charge >= 0.3 is 0 Å². The van der Waals surface area contributed by atoms with Crippen LogP contribution in [0.2, 0.25) is 0 Å². The summed E-state index contributed by atoms with van der Waals surface area (Å²) >= 11 is 1.34. The summed E-state index contributed by atoms with van der Waals surface area (Å²) in [5, 5.41) is 5.92. The van der Waals surface area contributed by atoms with Crippen molar-refractivity contribution >= 4 is 51.7 Å². The fraction of sp³-hybridized carbons (Fsp3) is 0.179. The normalized spacial score (nSPS) is 18.1. The van der Waals surface area contributed by atoms with Crippen molar-refractivity contribution in [3.05, 3.63) is 97.9 Å². The minimum Gasteiger partial charge on any atom is -0.340 e. The van der Waals surface area contributed by atoms with Crippen molar-refractivity contribution in [2.24, 2.45) is 5.10 Å². The summed E-state index contributed by atoms with van der Waals surface area (Å²) in [4.78, 5) is 29.3. The van der Waals surface area contributed by atoms with E-state index in [1.807, 2.05) is 43.3 Å². The zero-order chi connectivity index (χ0) is 24.7. The zero-order valence-electron chi connectivity index (χ0n) is 20.0. The number of fused-ring (bicyclic) bond motifs is 1. The van der Waals surface area contributed by atoms with Crippen LogP contribution >= 0.6 is 11.3 Å². The third-order valence-electron chi connectivity index (χ3n) is 6.16. The van der Waals surface area contributed by atoms with Gasteiger partial charge in [-0.05, 0) is 56.7 Å². The molecule has 35 heavy (non-hydrogen) atoms. The zero-order valence-corrected chi connectivity index (χ0v) is 20.8. The Balaban J connectivity index is 1.76. The number of carbonyl (C=O) groups excluding carboxylic acids is 1. The van der Waals surface area contributed by atoms with Crippen LogP contribution < -0.4 is 24.7 Å². The monoisotopic (exact) mass is 482 g/mol. The van der Waals surface area contributed by atoms with E-state index in [0.29, 0.717) is 39.3 Å². The molecule has 0 saturated carbocycles. The molecule has 0 radical (unpaired) electrons. The molecule has 0 saturated heterocycles. The number of hydrogen-bond donors (Lipinski definition) is 0. The number of aromatic nitrogens is 1. The van der Waals surface area contributed by atoms with Crippen molar-refractivity contribution in [3.63, 3.8) is 0 Å². The van der Waals surface area contributed by atoms with E-state index in [-0.39, 0.29) is 11.5 Å². The standard InChI is InChI=1S/C28H26N4O2S/c1-5-16-31-27(34)25(23-15-13-20-17-18(3)12-14-22(20)30(23)6-2)35-28(31)24-19(4)29-32(26(24)33)21-10-8-7-9-11-21/h5,7-15,17H,1,6,16H2,2-4H3. The first-order chi connectivity index (χ1) is 16.9. The maximum atomic E-state index is 13.7. The molecular weight excluding hydrogens is 456 g/mol. The van der Waals surface area contributed by atoms with Crippen LogP contribution in [-0.2, 0) is 11.3 Å². The summed E-state index contributed by atoms with van der Waals surface area (Å²) in [7, 11) is 0. The Kier molecular flexibility index (Phi) is 5.86. The second kappa shape index (κ2) is 9.00. The molecule has 3 heterocycles. The predicted octanol–water partition coefficient (Wildman–Crippen LogP) is 3.64. The number of amides is 1. The van der Waals surface area contributed by atoms with E-state index in [9.17, 15) is 9.59 Å². The molecule has 7 heteroatoms. The largest absolute Gasteiger partial charge is 0.340 e. The molecule has 0 spiro atoms. The van der Waals surface area contributed by atoms with Crippen molar-refractivity contribution < 1.29 is 4.79 Å². The average molecular weight is 483 g/mol. The number of rotatable bonds is 4. The Morgan fingerprint density at radius 1 is 1.06 bits per heavy atom. The third kappa shape index (κ3) is 3.78. The Hall–Kier alpha value is -3.97. The topological polar surface area (TPSA) is 57.9 Å². The summed E-state index contributed by atoms with van der Waals surface area (Å²) in [5.74, 6) is -0.239. The number of hydrazone groups is 1. The molecule has 5 rings (SSSR count). The Morgan fingerprint density at radius 3 is 2.54 bits per heavy atom. The molecule has 176 valence electrons. The predicted molar refractivity (Wildman–Crippen MR) is 145 cm³/mol. The van der Waals surface area contributed by atoms with Gasteiger partial charge < -0.3 is 4.90 Å². The van der Waals surface area contributed by atoms with Gasteiger partial charge in [0.1, 0.15) is 9.20 Å². The van der Waals surface area contributed by atoms with E-state index in [4.69, 9.17) is 0 Å². The lowest BCUT2D eigenvalue weighted by Crippen LogP contribution is -2.37. The number of likely N-dealkylation sites (N-methyl/N-ethyl adjacent to an activating group) is 1. The van der Waals surface area contributed by atoms with Crippen LogP contribution in [0.4, 0.5) is 11.4 Å². The van der Waals surface area contributed by atoms with Crippen LogP contribution in [0.5, 0.6) is 0 Å². The van der Waals surface area contributed by atoms with Crippen molar-refractivity contribution in [2.75, 3.05) is 16.5 Å². The van der Waals surface area contributed by atoms with Crippen LogP contribution in [0.25, 0.3) is 17.3 Å². The molecule has 6 nitrogen and oxygen atoms in total. The summed E-state index contributed by atoms with van der Waals surface area (Å²) in [5.41, 5.74) is 5.81. The highest BCUT2D eigenvalue weighted by atomic mass is 32.1. The molecule has 1 aromatic heterocycles. The first-order valence-electron chi connectivity index (χ1n) is 11.5. The van der Waals surface area contributed by atoms with Gasteiger partial charge in [-0.15, -0.1) is 17.9 Å². The molecular formula is C28H26N4O2S. The summed E-state index contributed by atoms with van der Waals surface area (Å²) < 4.78 is 2.83. The van der Waals surface area contributed by atoms with Crippen LogP contribution in [0.15, 0.2) is 77.2 Å². The lowest BCUT2D eigenvalue weighted by molar-refractivity contribution is -0.112. The van der Waals surface area contributed by atoms with Gasteiger partial charge in [-0.2, -0.15) is 10.1 Å². The molecule has 0 fully saturated rings. The second-order valence-electron chi connectivity index (χ2n) is 8.48. The average Bonchev–Trinajstić information content (AvgIpc) is 3.33. The minimum atomic E-state index is -0.239. The summed E-state index contributed by atoms with van der Waals surface area (Å²) in [6, 6.07) is 15.6. The maximum absolute atomic E-state index is 13.7. The van der Waals surface area contributed by atoms with Gasteiger partial charge in [0, 0.05) is 18.8 Å². The van der Waals surface area contributed by atoms with E-state index >= 15 is 0 Å². The first-order valence-corrected chi connectivity index (χ1v) is 12.4. The molecule has 0 unspecified atom stereocenters. The van der Waals surface area contributed by atoms with Gasteiger partial charge in [-0.1, -0.05) is 42.0 Å². The van der Waals surface area contributed by atoms with Crippen LogP contribution in [-0.4, -0.2) is 22.7 Å². The number of benzene rings is 2. The molecule has 0 aliphatic carbocycles. The number of anilines is 2. The van der Waals surface area contributed by atoms with Gasteiger partial charge in [0.2, 0.25) is 0 Å². The van der Waals surface area contributed by atoms with E-state index < -0.39 is 0 Å². The molecule has 2 aliphatic rings. The lowest BCUT2D eigenvalue weighted by Gasteiger charge is -2.29. The number of para-hydroxylation sites is 1. The van der Waals surface area contributed by atoms with E-state index in [1.54, 1.807) is 10.6 Å². The van der Waals surface area contributed by atoms with Crippen LogP contribution in [0, 0.1) is 6.92 Å². The number of aryl methyl sites for hydroxylation is 1. The van der Waals surface area contributed by atoms with Gasteiger partial charge in [0.25, 0.3) is 11.5 Å². The van der Waals surface area contributed by atoms with Crippen molar-refractivity contribution in [1.82, 2.24) is 4.57 Å². The molecule has 0 bridgehead atoms. The Morgan fingerprint density at radius 2 is 1.83 bits per heavy atom. The minimum absolute atomic E-state index is 0.134. The van der Waals surface area contributed by atoms with E-state index in [2.05, 4.69) is 54.7 Å². The fourth-order valence-electron chi connectivity index (χ4n) is 4.53. The fourth-order valence-corrected chi connectivity index (χ4v) is 5.81. The summed E-state index contributed by atoms with van der Waals surface area (Å²) in [6.07, 6.45) is 5.73. The number of hydrogen-bond acceptors (Lipinski definition) is 5. The SMILES string of the molecule is C=CCn1c(=C2C(=O)N(c3ccccc3)N=C2C)sc(=C2C=Cc3cc(C)ccc3N2CC)c1=O. The highest BCUT2D eigenvalue weighted by Crippen LogP contribution is 2.31. The van der Waals surface area contributed by atoms with Crippen molar-refractivity contribution in [1.29, 1.82) is 0 Å². The number of nitrogens with zero attached hydrogens (tertiary/aromatic N) is 4. The third-order valence-corrected chi connectivity index (χ3v) is 7.37. The van der Waals surface area contributed by atoms with Gasteiger partial charge in [0.05, 0.1) is 22.7 Å². The maximum Gasteiger partial charge on any atom is 0.283 e. The van der Waals surface area contributed by atoms with Crippen molar-refractivity contribution in [2.45, 2.75) is 27.3 Å². The molecule has 3 aromatic rings. The molecule has 0 N–H and O–H groups in total. The molecule has 1 amide bonds. The number of allylic oxidation sites excluding steroid dienone is 1. The Bertz CT molecular complexity index is 1590. The quantitative estimate of drug-likeness (QED) is 0.534. The molecule has 0 atom stereocenters. The summed E-state index contributed by atoms with van der Waals surface area (Å²) in [6.45, 7) is 10.8. The Labute approximate surface area is 207 Å². The second-order valence-corrected chi connectivity index (χ2v) is 9.48. The van der Waals surface area contributed by atoms with E-state index in [0.717, 1.165) is 16.9 Å². The number of carbonyl (C=O) groups is 1. The van der Waals surface area contributed by atoms with Gasteiger partial charge in [-0.25, -0.2) is 0 Å². The van der Waals surface area contributed by atoms with E-state index in [1.165, 1.54) is 21.9 Å².